The highest BCUT2D eigenvalue weighted by atomic mass is 16.5. The second-order valence-corrected chi connectivity index (χ2v) is 3.81. The van der Waals surface area contributed by atoms with Gasteiger partial charge < -0.3 is 15.4 Å². The Balaban J connectivity index is 2.14. The second-order valence-electron chi connectivity index (χ2n) is 3.81. The van der Waals surface area contributed by atoms with Gasteiger partial charge >= 0.3 is 0 Å². The van der Waals surface area contributed by atoms with E-state index in [0.29, 0.717) is 19.2 Å². The molecule has 1 atom stereocenters. The van der Waals surface area contributed by atoms with Gasteiger partial charge in [-0.05, 0) is 19.8 Å². The van der Waals surface area contributed by atoms with E-state index in [9.17, 15) is 4.79 Å². The molecule has 0 heterocycles. The van der Waals surface area contributed by atoms with E-state index in [4.69, 9.17) is 4.74 Å². The van der Waals surface area contributed by atoms with E-state index in [1.807, 2.05) is 6.92 Å². The normalized spacial score (nSPS) is 18.0. The average Bonchev–Trinajstić information content (AvgIpc) is 2.70. The third-order valence-corrected chi connectivity index (χ3v) is 2.49. The summed E-state index contributed by atoms with van der Waals surface area (Å²) in [6.07, 6.45) is 6.34. The number of rotatable bonds is 6. The Morgan fingerprint density at radius 2 is 2.20 bits per heavy atom. The van der Waals surface area contributed by atoms with Gasteiger partial charge in [0.2, 0.25) is 5.91 Å². The van der Waals surface area contributed by atoms with Crippen molar-refractivity contribution in [2.24, 2.45) is 0 Å². The van der Waals surface area contributed by atoms with E-state index in [-0.39, 0.29) is 11.9 Å². The predicted molar refractivity (Wildman–Crippen MR) is 59.6 cm³/mol. The van der Waals surface area contributed by atoms with Gasteiger partial charge in [-0.2, -0.15) is 0 Å². The second kappa shape index (κ2) is 6.58. The summed E-state index contributed by atoms with van der Waals surface area (Å²) in [6, 6.07) is 0.292. The standard InChI is InChI=1S/C11H20N2O2/c1-9(11(14)12-7-8-15-2)13-10-5-3-4-6-10/h3-4,9-10,13H,5-8H2,1-2H3,(H,12,14). The fourth-order valence-electron chi connectivity index (χ4n) is 1.61. The van der Waals surface area contributed by atoms with Crippen molar-refractivity contribution in [3.05, 3.63) is 12.2 Å². The van der Waals surface area contributed by atoms with Crippen LogP contribution in [0.4, 0.5) is 0 Å². The van der Waals surface area contributed by atoms with Gasteiger partial charge in [-0.1, -0.05) is 12.2 Å². The maximum atomic E-state index is 11.6. The maximum Gasteiger partial charge on any atom is 0.236 e. The summed E-state index contributed by atoms with van der Waals surface area (Å²) in [5, 5.41) is 6.10. The van der Waals surface area contributed by atoms with Crippen LogP contribution in [-0.4, -0.2) is 38.3 Å². The van der Waals surface area contributed by atoms with Gasteiger partial charge in [-0.25, -0.2) is 0 Å². The number of methoxy groups -OCH3 is 1. The van der Waals surface area contributed by atoms with Gasteiger partial charge in [0, 0.05) is 19.7 Å². The first-order valence-corrected chi connectivity index (χ1v) is 5.41. The minimum Gasteiger partial charge on any atom is -0.383 e. The summed E-state index contributed by atoms with van der Waals surface area (Å²) in [7, 11) is 1.62. The molecule has 1 amide bonds. The van der Waals surface area contributed by atoms with E-state index in [1.54, 1.807) is 7.11 Å². The molecule has 0 radical (unpaired) electrons. The third-order valence-electron chi connectivity index (χ3n) is 2.49. The van der Waals surface area contributed by atoms with Crippen molar-refractivity contribution in [1.29, 1.82) is 0 Å². The summed E-state index contributed by atoms with van der Waals surface area (Å²) >= 11 is 0. The van der Waals surface area contributed by atoms with Gasteiger partial charge in [0.05, 0.1) is 12.6 Å². The summed E-state index contributed by atoms with van der Waals surface area (Å²) in [5.41, 5.74) is 0. The Hall–Kier alpha value is -0.870. The van der Waals surface area contributed by atoms with Crippen molar-refractivity contribution < 1.29 is 9.53 Å². The Morgan fingerprint density at radius 3 is 2.80 bits per heavy atom. The number of carbonyl (C=O) groups excluding carboxylic acids is 1. The van der Waals surface area contributed by atoms with Gasteiger partial charge in [0.15, 0.2) is 0 Å². The lowest BCUT2D eigenvalue weighted by Gasteiger charge is -2.18. The van der Waals surface area contributed by atoms with Crippen LogP contribution in [0.25, 0.3) is 0 Å². The van der Waals surface area contributed by atoms with Gasteiger partial charge in [-0.15, -0.1) is 0 Å². The topological polar surface area (TPSA) is 50.4 Å². The van der Waals surface area contributed by atoms with Gasteiger partial charge in [0.25, 0.3) is 0 Å². The van der Waals surface area contributed by atoms with Gasteiger partial charge in [-0.3, -0.25) is 4.79 Å². The van der Waals surface area contributed by atoms with E-state index >= 15 is 0 Å². The average molecular weight is 212 g/mol. The first-order chi connectivity index (χ1) is 7.24. The summed E-state index contributed by atoms with van der Waals surface area (Å²) in [6.45, 7) is 3.02. The molecule has 4 heteroatoms. The third kappa shape index (κ3) is 4.44. The molecule has 0 saturated heterocycles. The van der Waals surface area contributed by atoms with Crippen LogP contribution in [0.2, 0.25) is 0 Å². The van der Waals surface area contributed by atoms with Crippen LogP contribution in [-0.2, 0) is 9.53 Å². The Labute approximate surface area is 91.1 Å². The smallest absolute Gasteiger partial charge is 0.236 e. The highest BCUT2D eigenvalue weighted by Gasteiger charge is 2.17. The Bertz CT molecular complexity index is 221. The van der Waals surface area contributed by atoms with Gasteiger partial charge in [0.1, 0.15) is 0 Å². The summed E-state index contributed by atoms with van der Waals surface area (Å²) in [4.78, 5) is 11.6. The van der Waals surface area contributed by atoms with E-state index in [2.05, 4.69) is 22.8 Å². The maximum absolute atomic E-state index is 11.6. The quantitative estimate of drug-likeness (QED) is 0.496. The van der Waals surface area contributed by atoms with E-state index in [1.165, 1.54) is 0 Å². The van der Waals surface area contributed by atoms with Crippen molar-refractivity contribution in [1.82, 2.24) is 10.6 Å². The molecule has 0 spiro atoms. The summed E-state index contributed by atoms with van der Waals surface area (Å²) in [5.74, 6) is 0.0407. The number of nitrogens with one attached hydrogen (secondary N) is 2. The molecular formula is C11H20N2O2. The lowest BCUT2D eigenvalue weighted by atomic mass is 10.2. The molecule has 4 nitrogen and oxygen atoms in total. The largest absolute Gasteiger partial charge is 0.383 e. The highest BCUT2D eigenvalue weighted by Crippen LogP contribution is 2.09. The molecule has 1 aliphatic rings. The Morgan fingerprint density at radius 1 is 1.53 bits per heavy atom. The number of hydrogen-bond acceptors (Lipinski definition) is 3. The van der Waals surface area contributed by atoms with Crippen molar-refractivity contribution >= 4 is 5.91 Å². The monoisotopic (exact) mass is 212 g/mol. The molecule has 0 aromatic rings. The molecule has 2 N–H and O–H groups in total. The molecule has 0 aliphatic heterocycles. The van der Waals surface area contributed by atoms with Crippen molar-refractivity contribution in [3.8, 4) is 0 Å². The van der Waals surface area contributed by atoms with Crippen LogP contribution in [0.1, 0.15) is 19.8 Å². The molecule has 0 fully saturated rings. The molecule has 15 heavy (non-hydrogen) atoms. The van der Waals surface area contributed by atoms with E-state index < -0.39 is 0 Å². The SMILES string of the molecule is COCCNC(=O)C(C)NC1CC=CC1. The lowest BCUT2D eigenvalue weighted by Crippen LogP contribution is -2.46. The van der Waals surface area contributed by atoms with Crippen LogP contribution in [0.3, 0.4) is 0 Å². The number of ether oxygens (including phenoxy) is 1. The molecule has 0 aromatic carbocycles. The minimum atomic E-state index is -0.133. The molecule has 1 rings (SSSR count). The molecule has 86 valence electrons. The van der Waals surface area contributed by atoms with Crippen LogP contribution < -0.4 is 10.6 Å². The van der Waals surface area contributed by atoms with Crippen LogP contribution >= 0.6 is 0 Å². The zero-order chi connectivity index (χ0) is 11.1. The first kappa shape index (κ1) is 12.2. The zero-order valence-electron chi connectivity index (χ0n) is 9.45. The van der Waals surface area contributed by atoms with E-state index in [0.717, 1.165) is 12.8 Å². The summed E-state index contributed by atoms with van der Waals surface area (Å²) < 4.78 is 4.86. The predicted octanol–water partition coefficient (Wildman–Crippen LogP) is 0.446. The van der Waals surface area contributed by atoms with Crippen LogP contribution in [0.5, 0.6) is 0 Å². The van der Waals surface area contributed by atoms with Crippen LogP contribution in [0.15, 0.2) is 12.2 Å². The molecule has 0 aromatic heterocycles. The van der Waals surface area contributed by atoms with Crippen molar-refractivity contribution in [2.45, 2.75) is 31.8 Å². The molecule has 1 unspecified atom stereocenters. The lowest BCUT2D eigenvalue weighted by molar-refractivity contribution is -0.123. The number of carbonyl (C=O) groups is 1. The van der Waals surface area contributed by atoms with Crippen molar-refractivity contribution in [3.63, 3.8) is 0 Å². The highest BCUT2D eigenvalue weighted by molar-refractivity contribution is 5.81. The Kier molecular flexibility index (Phi) is 5.36. The molecular weight excluding hydrogens is 192 g/mol. The fourth-order valence-corrected chi connectivity index (χ4v) is 1.61. The zero-order valence-corrected chi connectivity index (χ0v) is 9.45. The number of amides is 1. The molecule has 1 aliphatic carbocycles. The fraction of sp³-hybridized carbons (Fsp3) is 0.727. The molecule has 0 saturated carbocycles. The van der Waals surface area contributed by atoms with Crippen molar-refractivity contribution in [2.75, 3.05) is 20.3 Å². The number of hydrogen-bond donors (Lipinski definition) is 2. The van der Waals surface area contributed by atoms with Crippen LogP contribution in [0, 0.1) is 0 Å². The first-order valence-electron chi connectivity index (χ1n) is 5.41. The minimum absolute atomic E-state index is 0.0407. The molecule has 0 bridgehead atoms.